The van der Waals surface area contributed by atoms with Gasteiger partial charge in [-0.3, -0.25) is 0 Å². The van der Waals surface area contributed by atoms with E-state index in [4.69, 9.17) is 5.11 Å². The van der Waals surface area contributed by atoms with Crippen LogP contribution >= 0.6 is 0 Å². The molecule has 0 aromatic heterocycles. The topological polar surface area (TPSA) is 49.3 Å². The molecule has 2 N–H and O–H groups in total. The Morgan fingerprint density at radius 1 is 1.44 bits per heavy atom. The van der Waals surface area contributed by atoms with E-state index in [0.717, 1.165) is 0 Å². The molecule has 100 valence electrons. The van der Waals surface area contributed by atoms with Crippen LogP contribution in [0.25, 0.3) is 0 Å². The molecule has 3 nitrogen and oxygen atoms in total. The molecule has 0 amide bonds. The van der Waals surface area contributed by atoms with Gasteiger partial charge >= 0.3 is 18.3 Å². The van der Waals surface area contributed by atoms with Crippen molar-refractivity contribution in [3.05, 3.63) is 29.3 Å². The summed E-state index contributed by atoms with van der Waals surface area (Å²) in [4.78, 5) is 10.7. The number of hydrogen-bond acceptors (Lipinski definition) is 2. The van der Waals surface area contributed by atoms with Crippen molar-refractivity contribution < 1.29 is 27.5 Å². The third kappa shape index (κ3) is 3.35. The predicted octanol–water partition coefficient (Wildman–Crippen LogP) is 3.01. The number of alkyl halides is 4. The highest BCUT2D eigenvalue weighted by molar-refractivity contribution is 5.89. The number of nitrogens with one attached hydrogen (secondary N) is 1. The summed E-state index contributed by atoms with van der Waals surface area (Å²) < 4.78 is 49.1. The Hall–Kier alpha value is -1.79. The first-order valence-corrected chi connectivity index (χ1v) is 4.98. The largest absolute Gasteiger partial charge is 0.478 e. The Kier molecular flexibility index (Phi) is 4.15. The molecule has 0 unspecified atom stereocenters. The van der Waals surface area contributed by atoms with E-state index in [2.05, 4.69) is 5.32 Å². The van der Waals surface area contributed by atoms with E-state index in [-0.39, 0.29) is 11.3 Å². The normalized spacial score (nSPS) is 11.7. The maximum Gasteiger partial charge on any atom is 0.335 e. The summed E-state index contributed by atoms with van der Waals surface area (Å²) >= 11 is 0. The Morgan fingerprint density at radius 3 is 2.50 bits per heavy atom. The van der Waals surface area contributed by atoms with Gasteiger partial charge in [0.1, 0.15) is 0 Å². The van der Waals surface area contributed by atoms with Crippen LogP contribution in [-0.4, -0.2) is 30.0 Å². The van der Waals surface area contributed by atoms with E-state index in [1.807, 2.05) is 0 Å². The second-order valence-electron chi connectivity index (χ2n) is 3.75. The van der Waals surface area contributed by atoms with Crippen LogP contribution in [0.4, 0.5) is 23.2 Å². The Morgan fingerprint density at radius 2 is 2.06 bits per heavy atom. The summed E-state index contributed by atoms with van der Waals surface area (Å²) in [6, 6.07) is 3.78. The van der Waals surface area contributed by atoms with Crippen molar-refractivity contribution in [1.82, 2.24) is 0 Å². The SMILES string of the molecule is Cc1cc(NCC(F)(F)C(F)F)ccc1C(=O)O. The van der Waals surface area contributed by atoms with Crippen molar-refractivity contribution in [2.45, 2.75) is 19.3 Å². The fraction of sp³-hybridized carbons (Fsp3) is 0.364. The van der Waals surface area contributed by atoms with Gasteiger partial charge in [-0.1, -0.05) is 0 Å². The molecule has 0 saturated heterocycles. The molecule has 0 aliphatic carbocycles. The number of halogens is 4. The van der Waals surface area contributed by atoms with Crippen LogP contribution in [0.1, 0.15) is 15.9 Å². The van der Waals surface area contributed by atoms with Gasteiger partial charge in [-0.05, 0) is 30.7 Å². The van der Waals surface area contributed by atoms with E-state index in [0.29, 0.717) is 5.56 Å². The molecule has 0 spiro atoms. The molecular formula is C11H11F4NO2. The second kappa shape index (κ2) is 5.24. The first-order chi connectivity index (χ1) is 8.24. The molecule has 1 aromatic carbocycles. The van der Waals surface area contributed by atoms with Crippen molar-refractivity contribution in [2.75, 3.05) is 11.9 Å². The maximum absolute atomic E-state index is 12.6. The Bertz CT molecular complexity index is 449. The zero-order valence-electron chi connectivity index (χ0n) is 9.38. The van der Waals surface area contributed by atoms with E-state index in [9.17, 15) is 22.4 Å². The number of aromatic carboxylic acids is 1. The molecule has 0 heterocycles. The van der Waals surface area contributed by atoms with E-state index >= 15 is 0 Å². The third-order valence-electron chi connectivity index (χ3n) is 2.30. The zero-order chi connectivity index (χ0) is 13.9. The van der Waals surface area contributed by atoms with Gasteiger partial charge in [-0.25, -0.2) is 13.6 Å². The average Bonchev–Trinajstić information content (AvgIpc) is 2.25. The molecule has 18 heavy (non-hydrogen) atoms. The number of aryl methyl sites for hydroxylation is 1. The van der Waals surface area contributed by atoms with Crippen molar-refractivity contribution in [3.8, 4) is 0 Å². The minimum Gasteiger partial charge on any atom is -0.478 e. The Labute approximate surface area is 100 Å². The summed E-state index contributed by atoms with van der Waals surface area (Å²) in [6.45, 7) is 0.274. The lowest BCUT2D eigenvalue weighted by molar-refractivity contribution is -0.117. The lowest BCUT2D eigenvalue weighted by Gasteiger charge is -2.17. The van der Waals surface area contributed by atoms with E-state index in [1.165, 1.54) is 25.1 Å². The highest BCUT2D eigenvalue weighted by Crippen LogP contribution is 2.24. The summed E-state index contributed by atoms with van der Waals surface area (Å²) in [6.07, 6.45) is -3.75. The van der Waals surface area contributed by atoms with Gasteiger partial charge in [0, 0.05) is 5.69 Å². The zero-order valence-corrected chi connectivity index (χ0v) is 9.38. The van der Waals surface area contributed by atoms with Gasteiger partial charge in [0.2, 0.25) is 0 Å². The van der Waals surface area contributed by atoms with Crippen LogP contribution in [0.15, 0.2) is 18.2 Å². The van der Waals surface area contributed by atoms with Gasteiger partial charge in [-0.2, -0.15) is 8.78 Å². The number of carboxylic acid groups (broad SMARTS) is 1. The summed E-state index contributed by atoms with van der Waals surface area (Å²) in [5, 5.41) is 10.9. The molecule has 1 rings (SSSR count). The summed E-state index contributed by atoms with van der Waals surface area (Å²) in [7, 11) is 0. The van der Waals surface area contributed by atoms with Crippen LogP contribution in [-0.2, 0) is 0 Å². The van der Waals surface area contributed by atoms with E-state index < -0.39 is 24.9 Å². The summed E-state index contributed by atoms with van der Waals surface area (Å²) in [5.41, 5.74) is 0.548. The fourth-order valence-electron chi connectivity index (χ4n) is 1.31. The molecule has 0 aliphatic rings. The third-order valence-corrected chi connectivity index (χ3v) is 2.30. The van der Waals surface area contributed by atoms with Gasteiger partial charge in [-0.15, -0.1) is 0 Å². The molecule has 1 aromatic rings. The minimum atomic E-state index is -4.13. The molecule has 0 aliphatic heterocycles. The lowest BCUT2D eigenvalue weighted by Crippen LogP contribution is -2.34. The quantitative estimate of drug-likeness (QED) is 0.804. The van der Waals surface area contributed by atoms with Gasteiger partial charge in [0.25, 0.3) is 0 Å². The summed E-state index contributed by atoms with van der Waals surface area (Å²) in [5.74, 6) is -5.27. The highest BCUT2D eigenvalue weighted by Gasteiger charge is 2.40. The molecular weight excluding hydrogens is 254 g/mol. The minimum absolute atomic E-state index is 0.0289. The number of carboxylic acids is 1. The molecule has 0 bridgehead atoms. The van der Waals surface area contributed by atoms with Gasteiger partial charge < -0.3 is 10.4 Å². The standard InChI is InChI=1S/C11H11F4NO2/c1-6-4-7(2-3-8(6)9(17)18)16-5-11(14,15)10(12)13/h2-4,10,16H,5H2,1H3,(H,17,18). The van der Waals surface area contributed by atoms with Crippen LogP contribution < -0.4 is 5.32 Å². The van der Waals surface area contributed by atoms with Crippen LogP contribution in [0, 0.1) is 6.92 Å². The first-order valence-electron chi connectivity index (χ1n) is 4.98. The van der Waals surface area contributed by atoms with Gasteiger partial charge in [0.15, 0.2) is 0 Å². The number of carbonyl (C=O) groups is 1. The van der Waals surface area contributed by atoms with E-state index in [1.54, 1.807) is 0 Å². The van der Waals surface area contributed by atoms with Crippen molar-refractivity contribution >= 4 is 11.7 Å². The van der Waals surface area contributed by atoms with Crippen LogP contribution in [0.5, 0.6) is 0 Å². The highest BCUT2D eigenvalue weighted by atomic mass is 19.3. The lowest BCUT2D eigenvalue weighted by atomic mass is 10.1. The number of hydrogen-bond donors (Lipinski definition) is 2. The van der Waals surface area contributed by atoms with Crippen LogP contribution in [0.3, 0.4) is 0 Å². The van der Waals surface area contributed by atoms with Crippen molar-refractivity contribution in [1.29, 1.82) is 0 Å². The predicted molar refractivity (Wildman–Crippen MR) is 57.6 cm³/mol. The number of benzene rings is 1. The van der Waals surface area contributed by atoms with Crippen molar-refractivity contribution in [2.24, 2.45) is 0 Å². The average molecular weight is 265 g/mol. The fourth-order valence-corrected chi connectivity index (χ4v) is 1.31. The molecule has 0 saturated carbocycles. The van der Waals surface area contributed by atoms with Crippen molar-refractivity contribution in [3.63, 3.8) is 0 Å². The molecule has 0 atom stereocenters. The second-order valence-corrected chi connectivity index (χ2v) is 3.75. The maximum atomic E-state index is 12.6. The number of anilines is 1. The smallest absolute Gasteiger partial charge is 0.335 e. The monoisotopic (exact) mass is 265 g/mol. The Balaban J connectivity index is 2.76. The first kappa shape index (κ1) is 14.3. The molecule has 0 fully saturated rings. The molecule has 7 heteroatoms. The van der Waals surface area contributed by atoms with Crippen LogP contribution in [0.2, 0.25) is 0 Å². The number of rotatable bonds is 5. The molecule has 0 radical (unpaired) electrons. The van der Waals surface area contributed by atoms with Gasteiger partial charge in [0.05, 0.1) is 12.1 Å².